The molecule has 0 spiro atoms. The number of carbonyl (C=O) groups is 2. The predicted molar refractivity (Wildman–Crippen MR) is 104 cm³/mol. The first-order valence-corrected chi connectivity index (χ1v) is 11.1. The predicted octanol–water partition coefficient (Wildman–Crippen LogP) is 2.28. The third kappa shape index (κ3) is 4.64. The van der Waals surface area contributed by atoms with Crippen LogP contribution in [0.25, 0.3) is 0 Å². The number of hydrogen-bond donors (Lipinski definition) is 1. The van der Waals surface area contributed by atoms with E-state index >= 15 is 0 Å². The average Bonchev–Trinajstić information content (AvgIpc) is 2.74. The first-order valence-electron chi connectivity index (χ1n) is 9.66. The van der Waals surface area contributed by atoms with Crippen molar-refractivity contribution in [3.05, 3.63) is 24.3 Å². The van der Waals surface area contributed by atoms with Crippen LogP contribution in [-0.4, -0.2) is 62.9 Å². The lowest BCUT2D eigenvalue weighted by Crippen LogP contribution is -2.47. The maximum atomic E-state index is 13.0. The lowest BCUT2D eigenvalue weighted by Gasteiger charge is -2.35. The van der Waals surface area contributed by atoms with E-state index in [2.05, 4.69) is 10.1 Å². The average molecular weight is 410 g/mol. The van der Waals surface area contributed by atoms with Gasteiger partial charge in [0.1, 0.15) is 0 Å². The third-order valence-corrected chi connectivity index (χ3v) is 7.20. The second kappa shape index (κ2) is 8.91. The number of sulfonamides is 1. The summed E-state index contributed by atoms with van der Waals surface area (Å²) in [6, 6.07) is 5.95. The fourth-order valence-electron chi connectivity index (χ4n) is 3.76. The Hall–Kier alpha value is -2.13. The molecular weight excluding hydrogens is 382 g/mol. The standard InChI is InChI=1S/C19H27N3O5S/c1-27-19(24)20-16-7-9-17(10-8-16)28(25,26)22-13-5-6-15(14-22)18(23)21-11-3-2-4-12-21/h7-10,15H,2-6,11-14H2,1H3,(H,20,24)/t15-/m1/s1. The molecule has 2 amide bonds. The van der Waals surface area contributed by atoms with Crippen molar-refractivity contribution in [2.24, 2.45) is 5.92 Å². The Kier molecular flexibility index (Phi) is 6.56. The minimum Gasteiger partial charge on any atom is -0.453 e. The topological polar surface area (TPSA) is 96.0 Å². The smallest absolute Gasteiger partial charge is 0.411 e. The van der Waals surface area contributed by atoms with Crippen LogP contribution < -0.4 is 5.32 Å². The molecule has 3 rings (SSSR count). The molecule has 0 radical (unpaired) electrons. The fraction of sp³-hybridized carbons (Fsp3) is 0.579. The molecule has 0 bridgehead atoms. The molecule has 1 N–H and O–H groups in total. The number of nitrogens with one attached hydrogen (secondary N) is 1. The second-order valence-electron chi connectivity index (χ2n) is 7.23. The zero-order valence-electron chi connectivity index (χ0n) is 16.1. The van der Waals surface area contributed by atoms with E-state index in [1.807, 2.05) is 4.90 Å². The first-order chi connectivity index (χ1) is 13.4. The Labute approximate surface area is 165 Å². The van der Waals surface area contributed by atoms with Crippen molar-refractivity contribution in [1.29, 1.82) is 0 Å². The molecule has 0 aromatic heterocycles. The summed E-state index contributed by atoms with van der Waals surface area (Å²) < 4.78 is 31.9. The Morgan fingerprint density at radius 1 is 1.04 bits per heavy atom. The summed E-state index contributed by atoms with van der Waals surface area (Å²) in [7, 11) is -2.44. The highest BCUT2D eigenvalue weighted by atomic mass is 32.2. The summed E-state index contributed by atoms with van der Waals surface area (Å²) in [6.45, 7) is 2.18. The van der Waals surface area contributed by atoms with Crippen molar-refractivity contribution in [3.8, 4) is 0 Å². The van der Waals surface area contributed by atoms with Gasteiger partial charge in [-0.2, -0.15) is 4.31 Å². The summed E-state index contributed by atoms with van der Waals surface area (Å²) in [4.78, 5) is 26.1. The van der Waals surface area contributed by atoms with Crippen LogP contribution in [0.15, 0.2) is 29.2 Å². The van der Waals surface area contributed by atoms with Gasteiger partial charge in [-0.3, -0.25) is 10.1 Å². The van der Waals surface area contributed by atoms with Crippen LogP contribution in [0.1, 0.15) is 32.1 Å². The van der Waals surface area contributed by atoms with Crippen molar-refractivity contribution >= 4 is 27.7 Å². The molecule has 2 fully saturated rings. The van der Waals surface area contributed by atoms with Crippen LogP contribution in [-0.2, 0) is 19.6 Å². The van der Waals surface area contributed by atoms with Crippen LogP contribution in [0.3, 0.4) is 0 Å². The highest BCUT2D eigenvalue weighted by Crippen LogP contribution is 2.26. The monoisotopic (exact) mass is 409 g/mol. The Morgan fingerprint density at radius 3 is 2.36 bits per heavy atom. The first kappa shape index (κ1) is 20.6. The van der Waals surface area contributed by atoms with Gasteiger partial charge >= 0.3 is 6.09 Å². The molecule has 1 aromatic carbocycles. The van der Waals surface area contributed by atoms with E-state index in [0.29, 0.717) is 18.7 Å². The van der Waals surface area contributed by atoms with Crippen molar-refractivity contribution in [2.45, 2.75) is 37.0 Å². The van der Waals surface area contributed by atoms with Crippen LogP contribution >= 0.6 is 0 Å². The van der Waals surface area contributed by atoms with Gasteiger partial charge in [0.25, 0.3) is 0 Å². The number of anilines is 1. The summed E-state index contributed by atoms with van der Waals surface area (Å²) in [5, 5.41) is 2.49. The van der Waals surface area contributed by atoms with E-state index in [9.17, 15) is 18.0 Å². The Bertz CT molecular complexity index is 803. The van der Waals surface area contributed by atoms with Gasteiger partial charge in [-0.05, 0) is 56.4 Å². The number of methoxy groups -OCH3 is 1. The van der Waals surface area contributed by atoms with E-state index in [1.165, 1.54) is 35.7 Å². The molecule has 2 aliphatic heterocycles. The molecule has 28 heavy (non-hydrogen) atoms. The number of piperidine rings is 2. The van der Waals surface area contributed by atoms with Gasteiger partial charge in [0.2, 0.25) is 15.9 Å². The molecule has 9 heteroatoms. The zero-order valence-corrected chi connectivity index (χ0v) is 16.9. The van der Waals surface area contributed by atoms with Gasteiger partial charge in [-0.15, -0.1) is 0 Å². The van der Waals surface area contributed by atoms with Crippen molar-refractivity contribution in [1.82, 2.24) is 9.21 Å². The number of nitrogens with zero attached hydrogens (tertiary/aromatic N) is 2. The van der Waals surface area contributed by atoms with E-state index in [-0.39, 0.29) is 23.3 Å². The third-order valence-electron chi connectivity index (χ3n) is 5.32. The molecule has 2 saturated heterocycles. The van der Waals surface area contributed by atoms with Gasteiger partial charge in [0.05, 0.1) is 17.9 Å². The van der Waals surface area contributed by atoms with Crippen molar-refractivity contribution in [3.63, 3.8) is 0 Å². The Balaban J connectivity index is 1.68. The Morgan fingerprint density at radius 2 is 1.71 bits per heavy atom. The number of rotatable bonds is 4. The van der Waals surface area contributed by atoms with E-state index < -0.39 is 16.1 Å². The maximum Gasteiger partial charge on any atom is 0.411 e. The molecule has 0 unspecified atom stereocenters. The van der Waals surface area contributed by atoms with Crippen molar-refractivity contribution < 1.29 is 22.7 Å². The summed E-state index contributed by atoms with van der Waals surface area (Å²) >= 11 is 0. The molecule has 0 aliphatic carbocycles. The zero-order chi connectivity index (χ0) is 20.1. The number of ether oxygens (including phenoxy) is 1. The second-order valence-corrected chi connectivity index (χ2v) is 9.17. The molecule has 154 valence electrons. The molecular formula is C19H27N3O5S. The van der Waals surface area contributed by atoms with Crippen LogP contribution in [0.4, 0.5) is 10.5 Å². The number of carbonyl (C=O) groups excluding carboxylic acids is 2. The van der Waals surface area contributed by atoms with E-state index in [0.717, 1.165) is 38.8 Å². The molecule has 2 aliphatic rings. The SMILES string of the molecule is COC(=O)Nc1ccc(S(=O)(=O)N2CCC[C@@H](C(=O)N3CCCCC3)C2)cc1. The summed E-state index contributed by atoms with van der Waals surface area (Å²) in [5.74, 6) is -0.195. The van der Waals surface area contributed by atoms with Gasteiger partial charge in [0.15, 0.2) is 0 Å². The molecule has 8 nitrogen and oxygen atoms in total. The normalized spacial score (nSPS) is 21.2. The molecule has 1 aromatic rings. The van der Waals surface area contributed by atoms with Gasteiger partial charge < -0.3 is 9.64 Å². The number of likely N-dealkylation sites (tertiary alicyclic amines) is 1. The quantitative estimate of drug-likeness (QED) is 0.823. The van der Waals surface area contributed by atoms with E-state index in [4.69, 9.17) is 0 Å². The van der Waals surface area contributed by atoms with Crippen LogP contribution in [0.2, 0.25) is 0 Å². The molecule has 1 atom stereocenters. The lowest BCUT2D eigenvalue weighted by atomic mass is 9.97. The fourth-order valence-corrected chi connectivity index (χ4v) is 5.29. The minimum absolute atomic E-state index is 0.0808. The number of benzene rings is 1. The maximum absolute atomic E-state index is 13.0. The van der Waals surface area contributed by atoms with E-state index in [1.54, 1.807) is 0 Å². The van der Waals surface area contributed by atoms with Gasteiger partial charge in [0, 0.05) is 31.9 Å². The highest BCUT2D eigenvalue weighted by Gasteiger charge is 2.35. The molecule has 2 heterocycles. The van der Waals surface area contributed by atoms with Crippen LogP contribution in [0, 0.1) is 5.92 Å². The highest BCUT2D eigenvalue weighted by molar-refractivity contribution is 7.89. The minimum atomic E-state index is -3.69. The van der Waals surface area contributed by atoms with Gasteiger partial charge in [-0.1, -0.05) is 0 Å². The lowest BCUT2D eigenvalue weighted by molar-refractivity contribution is -0.137. The largest absolute Gasteiger partial charge is 0.453 e. The summed E-state index contributed by atoms with van der Waals surface area (Å²) in [5.41, 5.74) is 0.447. The van der Waals surface area contributed by atoms with Crippen molar-refractivity contribution in [2.75, 3.05) is 38.6 Å². The summed E-state index contributed by atoms with van der Waals surface area (Å²) in [6.07, 6.45) is 3.97. The van der Waals surface area contributed by atoms with Crippen LogP contribution in [0.5, 0.6) is 0 Å². The molecule has 0 saturated carbocycles. The number of amides is 2. The number of hydrogen-bond acceptors (Lipinski definition) is 5. The van der Waals surface area contributed by atoms with Gasteiger partial charge in [-0.25, -0.2) is 13.2 Å².